The molecule has 2 saturated heterocycles. The number of fused-ring (bicyclic) bond motifs is 1. The van der Waals surface area contributed by atoms with E-state index < -0.39 is 12.1 Å². The molecule has 3 aliphatic heterocycles. The van der Waals surface area contributed by atoms with Crippen LogP contribution >= 0.6 is 0 Å². The summed E-state index contributed by atoms with van der Waals surface area (Å²) in [5.41, 5.74) is 0.459. The average Bonchev–Trinajstić information content (AvgIpc) is 3.16. The van der Waals surface area contributed by atoms with Crippen LogP contribution in [0.15, 0.2) is 48.5 Å². The molecule has 2 aromatic carbocycles. The first kappa shape index (κ1) is 21.3. The highest BCUT2D eigenvalue weighted by Crippen LogP contribution is 2.34. The molecule has 3 aliphatic rings. The molecule has 5 rings (SSSR count). The molecular formula is C24H25N3O6. The first-order chi connectivity index (χ1) is 16.1. The van der Waals surface area contributed by atoms with Gasteiger partial charge in [0.2, 0.25) is 12.0 Å². The van der Waals surface area contributed by atoms with Crippen molar-refractivity contribution in [2.24, 2.45) is 0 Å². The molecule has 2 atom stereocenters. The maximum absolute atomic E-state index is 13.2. The number of amides is 3. The van der Waals surface area contributed by atoms with E-state index in [-0.39, 0.29) is 30.7 Å². The zero-order chi connectivity index (χ0) is 22.9. The summed E-state index contributed by atoms with van der Waals surface area (Å²) in [5, 5.41) is 0. The number of hydrogen-bond acceptors (Lipinski definition) is 7. The third-order valence-electron chi connectivity index (χ3n) is 6.30. The second-order valence-corrected chi connectivity index (χ2v) is 8.18. The van der Waals surface area contributed by atoms with Gasteiger partial charge in [0.1, 0.15) is 12.4 Å². The maximum atomic E-state index is 13.2. The lowest BCUT2D eigenvalue weighted by molar-refractivity contribution is -0.143. The molecule has 0 bridgehead atoms. The number of anilines is 1. The monoisotopic (exact) mass is 451 g/mol. The second kappa shape index (κ2) is 8.74. The van der Waals surface area contributed by atoms with Crippen LogP contribution in [0.2, 0.25) is 0 Å². The zero-order valence-corrected chi connectivity index (χ0v) is 18.3. The molecule has 0 aromatic heterocycles. The van der Waals surface area contributed by atoms with E-state index in [4.69, 9.17) is 14.2 Å². The molecule has 0 radical (unpaired) electrons. The van der Waals surface area contributed by atoms with Crippen LogP contribution in [0.4, 0.5) is 5.69 Å². The Labute approximate surface area is 191 Å². The summed E-state index contributed by atoms with van der Waals surface area (Å²) < 4.78 is 16.8. The number of nitrogens with zero attached hydrogens (tertiary/aromatic N) is 3. The molecule has 0 N–H and O–H groups in total. The number of carbonyl (C=O) groups excluding carboxylic acids is 3. The number of piperazine rings is 1. The highest BCUT2D eigenvalue weighted by Gasteiger charge is 2.45. The summed E-state index contributed by atoms with van der Waals surface area (Å²) in [7, 11) is 1.51. The van der Waals surface area contributed by atoms with Crippen LogP contribution in [0.1, 0.15) is 6.42 Å². The van der Waals surface area contributed by atoms with Crippen molar-refractivity contribution in [3.8, 4) is 17.2 Å². The van der Waals surface area contributed by atoms with Crippen LogP contribution in [0, 0.1) is 0 Å². The molecule has 2 aromatic rings. The van der Waals surface area contributed by atoms with Gasteiger partial charge >= 0.3 is 0 Å². The van der Waals surface area contributed by atoms with Crippen LogP contribution in [-0.4, -0.2) is 79.6 Å². The number of para-hydroxylation sites is 4. The van der Waals surface area contributed by atoms with Gasteiger partial charge in [0.25, 0.3) is 11.8 Å². The van der Waals surface area contributed by atoms with Crippen LogP contribution < -0.4 is 19.1 Å². The van der Waals surface area contributed by atoms with Crippen molar-refractivity contribution in [3.63, 3.8) is 0 Å². The molecular weight excluding hydrogens is 426 g/mol. The first-order valence-corrected chi connectivity index (χ1v) is 11.0. The Morgan fingerprint density at radius 1 is 0.970 bits per heavy atom. The van der Waals surface area contributed by atoms with Crippen molar-refractivity contribution in [1.82, 2.24) is 9.80 Å². The lowest BCUT2D eigenvalue weighted by Crippen LogP contribution is -2.57. The fourth-order valence-corrected chi connectivity index (χ4v) is 4.57. The highest BCUT2D eigenvalue weighted by atomic mass is 16.6. The van der Waals surface area contributed by atoms with Crippen molar-refractivity contribution >= 4 is 23.4 Å². The SMILES string of the molecule is COc1ccccc1N1C(=O)C[C@H](N2CCN(C(=O)[C@H]3COc4ccccc4O3)CC2)C1=O. The minimum absolute atomic E-state index is 0.112. The third-order valence-corrected chi connectivity index (χ3v) is 6.30. The van der Waals surface area contributed by atoms with Gasteiger partial charge in [-0.1, -0.05) is 24.3 Å². The second-order valence-electron chi connectivity index (χ2n) is 8.18. The van der Waals surface area contributed by atoms with E-state index in [0.29, 0.717) is 49.1 Å². The Morgan fingerprint density at radius 3 is 2.42 bits per heavy atom. The van der Waals surface area contributed by atoms with Gasteiger partial charge in [-0.05, 0) is 24.3 Å². The molecule has 9 heteroatoms. The fourth-order valence-electron chi connectivity index (χ4n) is 4.57. The van der Waals surface area contributed by atoms with Crippen molar-refractivity contribution in [3.05, 3.63) is 48.5 Å². The van der Waals surface area contributed by atoms with Gasteiger partial charge in [-0.25, -0.2) is 4.90 Å². The Hall–Kier alpha value is -3.59. The molecule has 0 spiro atoms. The number of rotatable bonds is 4. The molecule has 0 saturated carbocycles. The lowest BCUT2D eigenvalue weighted by Gasteiger charge is -2.38. The molecule has 2 fully saturated rings. The minimum atomic E-state index is -0.692. The number of imide groups is 1. The summed E-state index contributed by atoms with van der Waals surface area (Å²) in [5.74, 6) is 1.03. The average molecular weight is 451 g/mol. The molecule has 9 nitrogen and oxygen atoms in total. The summed E-state index contributed by atoms with van der Waals surface area (Å²) in [4.78, 5) is 43.8. The van der Waals surface area contributed by atoms with E-state index in [2.05, 4.69) is 0 Å². The predicted molar refractivity (Wildman–Crippen MR) is 118 cm³/mol. The fraction of sp³-hybridized carbons (Fsp3) is 0.375. The molecule has 0 aliphatic carbocycles. The third kappa shape index (κ3) is 3.89. The first-order valence-electron chi connectivity index (χ1n) is 11.0. The number of carbonyl (C=O) groups is 3. The summed E-state index contributed by atoms with van der Waals surface area (Å²) >= 11 is 0. The van der Waals surface area contributed by atoms with Crippen LogP contribution in [-0.2, 0) is 14.4 Å². The van der Waals surface area contributed by atoms with Gasteiger partial charge in [0.05, 0.1) is 25.3 Å². The largest absolute Gasteiger partial charge is 0.495 e. The van der Waals surface area contributed by atoms with E-state index in [9.17, 15) is 14.4 Å². The molecule has 172 valence electrons. The highest BCUT2D eigenvalue weighted by molar-refractivity contribution is 6.23. The summed E-state index contributed by atoms with van der Waals surface area (Å²) in [6.45, 7) is 2.07. The van der Waals surface area contributed by atoms with E-state index in [0.717, 1.165) is 0 Å². The maximum Gasteiger partial charge on any atom is 0.267 e. The van der Waals surface area contributed by atoms with Crippen molar-refractivity contribution in [2.75, 3.05) is 44.8 Å². The summed E-state index contributed by atoms with van der Waals surface area (Å²) in [6, 6.07) is 13.7. The Morgan fingerprint density at radius 2 is 1.67 bits per heavy atom. The van der Waals surface area contributed by atoms with E-state index in [1.165, 1.54) is 12.0 Å². The van der Waals surface area contributed by atoms with Gasteiger partial charge in [0.15, 0.2) is 11.5 Å². The normalized spacial score (nSPS) is 23.1. The minimum Gasteiger partial charge on any atom is -0.495 e. The van der Waals surface area contributed by atoms with Crippen molar-refractivity contribution in [1.29, 1.82) is 0 Å². The quantitative estimate of drug-likeness (QED) is 0.648. The van der Waals surface area contributed by atoms with Gasteiger partial charge in [-0.2, -0.15) is 0 Å². The number of benzene rings is 2. The van der Waals surface area contributed by atoms with Gasteiger partial charge in [-0.3, -0.25) is 19.3 Å². The smallest absolute Gasteiger partial charge is 0.267 e. The number of methoxy groups -OCH3 is 1. The van der Waals surface area contributed by atoms with Crippen molar-refractivity contribution < 1.29 is 28.6 Å². The van der Waals surface area contributed by atoms with E-state index in [1.807, 2.05) is 23.1 Å². The van der Waals surface area contributed by atoms with Gasteiger partial charge < -0.3 is 19.1 Å². The van der Waals surface area contributed by atoms with E-state index >= 15 is 0 Å². The number of hydrogen-bond donors (Lipinski definition) is 0. The topological polar surface area (TPSA) is 88.6 Å². The molecule has 3 amide bonds. The Balaban J connectivity index is 1.21. The number of ether oxygens (including phenoxy) is 3. The van der Waals surface area contributed by atoms with E-state index in [1.54, 1.807) is 35.2 Å². The van der Waals surface area contributed by atoms with Gasteiger partial charge in [-0.15, -0.1) is 0 Å². The zero-order valence-electron chi connectivity index (χ0n) is 18.3. The standard InChI is InChI=1S/C24H25N3O6/c1-31-18-7-3-2-6-16(18)27-22(28)14-17(23(27)29)25-10-12-26(13-11-25)24(30)21-15-32-19-8-4-5-9-20(19)33-21/h2-9,17,21H,10-15H2,1H3/t17-,21+/m0/s1. The molecule has 3 heterocycles. The lowest BCUT2D eigenvalue weighted by atomic mass is 10.1. The molecule has 0 unspecified atom stereocenters. The Kier molecular flexibility index (Phi) is 5.63. The predicted octanol–water partition coefficient (Wildman–Crippen LogP) is 1.31. The van der Waals surface area contributed by atoms with Crippen LogP contribution in [0.5, 0.6) is 17.2 Å². The summed E-state index contributed by atoms with van der Waals surface area (Å²) in [6.07, 6.45) is -0.580. The Bertz CT molecular complexity index is 1080. The van der Waals surface area contributed by atoms with Gasteiger partial charge in [0, 0.05) is 26.2 Å². The van der Waals surface area contributed by atoms with Crippen LogP contribution in [0.25, 0.3) is 0 Å². The van der Waals surface area contributed by atoms with Crippen molar-refractivity contribution in [2.45, 2.75) is 18.6 Å². The molecule has 33 heavy (non-hydrogen) atoms. The van der Waals surface area contributed by atoms with Crippen LogP contribution in [0.3, 0.4) is 0 Å².